The van der Waals surface area contributed by atoms with Crippen molar-refractivity contribution in [3.63, 3.8) is 0 Å². The molecule has 2 rings (SSSR count). The molecule has 13 heavy (non-hydrogen) atoms. The van der Waals surface area contributed by atoms with E-state index in [1.807, 2.05) is 0 Å². The van der Waals surface area contributed by atoms with Crippen molar-refractivity contribution in [2.75, 3.05) is 0 Å². The zero-order valence-electron chi connectivity index (χ0n) is 6.53. The quantitative estimate of drug-likeness (QED) is 0.637. The van der Waals surface area contributed by atoms with Gasteiger partial charge in [-0.3, -0.25) is 0 Å². The third-order valence-corrected chi connectivity index (χ3v) is 1.60. The molecule has 0 spiro atoms. The predicted octanol–water partition coefficient (Wildman–Crippen LogP) is 1.68. The minimum Gasteiger partial charge on any atom is -0.338 e. The lowest BCUT2D eigenvalue weighted by molar-refractivity contribution is 0.434. The number of aromatic nitrogens is 3. The Morgan fingerprint density at radius 2 is 1.77 bits per heavy atom. The lowest BCUT2D eigenvalue weighted by atomic mass is 10.4. The SMILES string of the molecule is Cc1nc2nc(F)c(F)c(F)c2[nH]1. The van der Waals surface area contributed by atoms with E-state index in [1.165, 1.54) is 6.92 Å². The Balaban J connectivity index is 2.92. The summed E-state index contributed by atoms with van der Waals surface area (Å²) < 4.78 is 38.1. The summed E-state index contributed by atoms with van der Waals surface area (Å²) in [6.45, 7) is 1.54. The third kappa shape index (κ3) is 1.06. The van der Waals surface area contributed by atoms with E-state index in [1.54, 1.807) is 0 Å². The molecule has 68 valence electrons. The molecule has 1 N–H and O–H groups in total. The maximum absolute atomic E-state index is 12.9. The van der Waals surface area contributed by atoms with Crippen molar-refractivity contribution in [1.29, 1.82) is 0 Å². The summed E-state index contributed by atoms with van der Waals surface area (Å²) in [5.74, 6) is -4.00. The van der Waals surface area contributed by atoms with E-state index in [-0.39, 0.29) is 11.2 Å². The van der Waals surface area contributed by atoms with E-state index >= 15 is 0 Å². The van der Waals surface area contributed by atoms with E-state index in [0.717, 1.165) is 0 Å². The molecule has 0 saturated heterocycles. The van der Waals surface area contributed by atoms with Crippen LogP contribution in [0.4, 0.5) is 13.2 Å². The van der Waals surface area contributed by atoms with Crippen LogP contribution in [-0.4, -0.2) is 15.0 Å². The summed E-state index contributed by atoms with van der Waals surface area (Å²) in [7, 11) is 0. The minimum absolute atomic E-state index is 0.158. The van der Waals surface area contributed by atoms with E-state index in [4.69, 9.17) is 0 Å². The Kier molecular flexibility index (Phi) is 1.51. The van der Waals surface area contributed by atoms with Crippen molar-refractivity contribution in [2.24, 2.45) is 0 Å². The highest BCUT2D eigenvalue weighted by atomic mass is 19.2. The number of aromatic amines is 1. The molecule has 6 heteroatoms. The summed E-state index contributed by atoms with van der Waals surface area (Å²) >= 11 is 0. The van der Waals surface area contributed by atoms with Gasteiger partial charge in [0.1, 0.15) is 11.3 Å². The van der Waals surface area contributed by atoms with Crippen LogP contribution in [0.2, 0.25) is 0 Å². The summed E-state index contributed by atoms with van der Waals surface area (Å²) in [4.78, 5) is 9.23. The number of nitrogens with zero attached hydrogens (tertiary/aromatic N) is 2. The normalized spacial score (nSPS) is 11.1. The molecule has 2 heterocycles. The standard InChI is InChI=1S/C7H4F3N3/c1-2-11-5-3(8)4(9)6(10)13-7(5)12-2/h1H3,(H,11,12,13). The van der Waals surface area contributed by atoms with Crippen LogP contribution in [0.25, 0.3) is 11.2 Å². The second-order valence-electron chi connectivity index (χ2n) is 2.55. The molecule has 2 aromatic rings. The van der Waals surface area contributed by atoms with Gasteiger partial charge in [0, 0.05) is 0 Å². The van der Waals surface area contributed by atoms with Crippen LogP contribution in [0.3, 0.4) is 0 Å². The molecule has 0 aliphatic heterocycles. The number of aryl methyl sites for hydroxylation is 1. The maximum atomic E-state index is 12.9. The maximum Gasteiger partial charge on any atom is 0.254 e. The molecule has 2 aromatic heterocycles. The highest BCUT2D eigenvalue weighted by molar-refractivity contribution is 5.71. The van der Waals surface area contributed by atoms with Gasteiger partial charge in [0.2, 0.25) is 5.82 Å². The Morgan fingerprint density at radius 1 is 1.08 bits per heavy atom. The van der Waals surface area contributed by atoms with Gasteiger partial charge in [-0.25, -0.2) is 9.37 Å². The Bertz CT molecular complexity index is 477. The smallest absolute Gasteiger partial charge is 0.254 e. The van der Waals surface area contributed by atoms with Crippen LogP contribution in [0.1, 0.15) is 5.82 Å². The minimum atomic E-state index is -1.59. The van der Waals surface area contributed by atoms with Crippen LogP contribution in [0.5, 0.6) is 0 Å². The van der Waals surface area contributed by atoms with Crippen molar-refractivity contribution in [3.05, 3.63) is 23.4 Å². The second-order valence-corrected chi connectivity index (χ2v) is 2.55. The highest BCUT2D eigenvalue weighted by Gasteiger charge is 2.17. The van der Waals surface area contributed by atoms with Gasteiger partial charge in [-0.15, -0.1) is 0 Å². The topological polar surface area (TPSA) is 41.6 Å². The number of hydrogen-bond acceptors (Lipinski definition) is 2. The van der Waals surface area contributed by atoms with E-state index in [9.17, 15) is 13.2 Å². The third-order valence-electron chi connectivity index (χ3n) is 1.60. The van der Waals surface area contributed by atoms with Crippen LogP contribution >= 0.6 is 0 Å². The Labute approximate surface area is 70.6 Å². The molecular weight excluding hydrogens is 183 g/mol. The molecule has 0 bridgehead atoms. The van der Waals surface area contributed by atoms with Crippen molar-refractivity contribution in [3.8, 4) is 0 Å². The molecule has 0 amide bonds. The zero-order chi connectivity index (χ0) is 9.59. The predicted molar refractivity (Wildman–Crippen MR) is 38.5 cm³/mol. The van der Waals surface area contributed by atoms with Gasteiger partial charge in [-0.2, -0.15) is 13.8 Å². The fraction of sp³-hybridized carbons (Fsp3) is 0.143. The first-order valence-corrected chi connectivity index (χ1v) is 3.46. The lowest BCUT2D eigenvalue weighted by Gasteiger charge is -1.93. The van der Waals surface area contributed by atoms with E-state index in [0.29, 0.717) is 5.82 Å². The van der Waals surface area contributed by atoms with Gasteiger partial charge in [-0.1, -0.05) is 0 Å². The molecular formula is C7H4F3N3. The number of halogens is 3. The molecule has 0 radical (unpaired) electrons. The number of pyridine rings is 1. The van der Waals surface area contributed by atoms with Crippen LogP contribution in [0, 0.1) is 24.5 Å². The summed E-state index contributed by atoms with van der Waals surface area (Å²) in [5.41, 5.74) is -0.370. The van der Waals surface area contributed by atoms with Crippen LogP contribution in [-0.2, 0) is 0 Å². The van der Waals surface area contributed by atoms with Gasteiger partial charge in [0.15, 0.2) is 11.5 Å². The highest BCUT2D eigenvalue weighted by Crippen LogP contribution is 2.17. The molecule has 0 atom stereocenters. The largest absolute Gasteiger partial charge is 0.338 e. The molecule has 0 aliphatic carbocycles. The van der Waals surface area contributed by atoms with Crippen molar-refractivity contribution in [1.82, 2.24) is 15.0 Å². The first-order chi connectivity index (χ1) is 6.09. The molecule has 0 aromatic carbocycles. The molecule has 3 nitrogen and oxygen atoms in total. The molecule has 0 fully saturated rings. The first-order valence-electron chi connectivity index (χ1n) is 3.46. The number of rotatable bonds is 0. The molecule has 0 aliphatic rings. The fourth-order valence-corrected chi connectivity index (χ4v) is 1.06. The number of fused-ring (bicyclic) bond motifs is 1. The molecule has 0 unspecified atom stereocenters. The Morgan fingerprint density at radius 3 is 2.46 bits per heavy atom. The number of nitrogens with one attached hydrogen (secondary N) is 1. The van der Waals surface area contributed by atoms with E-state index in [2.05, 4.69) is 15.0 Å². The van der Waals surface area contributed by atoms with E-state index < -0.39 is 17.6 Å². The summed E-state index contributed by atoms with van der Waals surface area (Å²) in [6, 6.07) is 0. The van der Waals surface area contributed by atoms with Gasteiger partial charge >= 0.3 is 0 Å². The van der Waals surface area contributed by atoms with Gasteiger partial charge < -0.3 is 4.98 Å². The number of hydrogen-bond donors (Lipinski definition) is 1. The monoisotopic (exact) mass is 187 g/mol. The fourth-order valence-electron chi connectivity index (χ4n) is 1.06. The Hall–Kier alpha value is -1.59. The van der Waals surface area contributed by atoms with Crippen molar-refractivity contribution < 1.29 is 13.2 Å². The molecule has 0 saturated carbocycles. The number of imidazole rings is 1. The number of H-pyrrole nitrogens is 1. The summed E-state index contributed by atoms with van der Waals surface area (Å²) in [6.07, 6.45) is 0. The average molecular weight is 187 g/mol. The van der Waals surface area contributed by atoms with Gasteiger partial charge in [-0.05, 0) is 6.92 Å². The van der Waals surface area contributed by atoms with Crippen LogP contribution in [0.15, 0.2) is 0 Å². The average Bonchev–Trinajstić information content (AvgIpc) is 2.42. The van der Waals surface area contributed by atoms with Gasteiger partial charge in [0.05, 0.1) is 0 Å². The summed E-state index contributed by atoms with van der Waals surface area (Å²) in [5, 5.41) is 0. The second kappa shape index (κ2) is 2.45. The first kappa shape index (κ1) is 8.03. The van der Waals surface area contributed by atoms with Crippen molar-refractivity contribution in [2.45, 2.75) is 6.92 Å². The van der Waals surface area contributed by atoms with Crippen LogP contribution < -0.4 is 0 Å². The van der Waals surface area contributed by atoms with Crippen molar-refractivity contribution >= 4 is 11.2 Å². The zero-order valence-corrected chi connectivity index (χ0v) is 6.53. The van der Waals surface area contributed by atoms with Gasteiger partial charge in [0.25, 0.3) is 5.95 Å². The lowest BCUT2D eigenvalue weighted by Crippen LogP contribution is -1.95.